The summed E-state index contributed by atoms with van der Waals surface area (Å²) < 4.78 is 0. The second-order valence-electron chi connectivity index (χ2n) is 5.49. The Morgan fingerprint density at radius 3 is 3.22 bits per heavy atom. The van der Waals surface area contributed by atoms with E-state index in [4.69, 9.17) is 0 Å². The normalized spacial score (nSPS) is 32.2. The van der Waals surface area contributed by atoms with Crippen molar-refractivity contribution in [3.63, 3.8) is 0 Å². The predicted octanol–water partition coefficient (Wildman–Crippen LogP) is 2.31. The molecule has 0 bridgehead atoms. The van der Waals surface area contributed by atoms with E-state index in [1.54, 1.807) is 11.3 Å². The Bertz CT molecular complexity index is 417. The Labute approximate surface area is 112 Å². The third-order valence-electron chi connectivity index (χ3n) is 4.36. The fraction of sp³-hybridized carbons (Fsp3) is 0.643. The SMILES string of the molecule is C[C@H](NC(=O)C1NCC2CCCC21)c1cccs1. The lowest BCUT2D eigenvalue weighted by atomic mass is 9.93. The molecule has 3 nitrogen and oxygen atoms in total. The molecule has 1 aliphatic heterocycles. The molecule has 3 unspecified atom stereocenters. The Balaban J connectivity index is 1.61. The van der Waals surface area contributed by atoms with Gasteiger partial charge in [-0.2, -0.15) is 0 Å². The van der Waals surface area contributed by atoms with Crippen molar-refractivity contribution in [1.82, 2.24) is 10.6 Å². The van der Waals surface area contributed by atoms with E-state index in [0.717, 1.165) is 12.5 Å². The van der Waals surface area contributed by atoms with E-state index in [2.05, 4.69) is 29.0 Å². The van der Waals surface area contributed by atoms with Gasteiger partial charge in [0.1, 0.15) is 0 Å². The van der Waals surface area contributed by atoms with Crippen molar-refractivity contribution in [2.75, 3.05) is 6.54 Å². The third-order valence-corrected chi connectivity index (χ3v) is 5.41. The minimum Gasteiger partial charge on any atom is -0.347 e. The maximum absolute atomic E-state index is 12.3. The van der Waals surface area contributed by atoms with Crippen LogP contribution < -0.4 is 10.6 Å². The zero-order valence-electron chi connectivity index (χ0n) is 10.7. The fourth-order valence-electron chi connectivity index (χ4n) is 3.39. The third kappa shape index (κ3) is 2.19. The molecular weight excluding hydrogens is 244 g/mol. The number of rotatable bonds is 3. The van der Waals surface area contributed by atoms with Gasteiger partial charge in [0, 0.05) is 4.88 Å². The van der Waals surface area contributed by atoms with Crippen LogP contribution in [0.2, 0.25) is 0 Å². The highest BCUT2D eigenvalue weighted by Crippen LogP contribution is 2.37. The van der Waals surface area contributed by atoms with Gasteiger partial charge in [-0.05, 0) is 49.6 Å². The number of carbonyl (C=O) groups is 1. The summed E-state index contributed by atoms with van der Waals surface area (Å²) in [5.41, 5.74) is 0. The van der Waals surface area contributed by atoms with Crippen LogP contribution in [0.4, 0.5) is 0 Å². The lowest BCUT2D eigenvalue weighted by Gasteiger charge is -2.20. The highest BCUT2D eigenvalue weighted by molar-refractivity contribution is 7.10. The van der Waals surface area contributed by atoms with Crippen molar-refractivity contribution in [2.45, 2.75) is 38.3 Å². The Hall–Kier alpha value is -0.870. The van der Waals surface area contributed by atoms with Crippen LogP contribution >= 0.6 is 11.3 Å². The van der Waals surface area contributed by atoms with E-state index in [-0.39, 0.29) is 18.0 Å². The molecule has 1 saturated heterocycles. The number of thiophene rings is 1. The summed E-state index contributed by atoms with van der Waals surface area (Å²) >= 11 is 1.70. The van der Waals surface area contributed by atoms with E-state index in [9.17, 15) is 4.79 Å². The first-order valence-electron chi connectivity index (χ1n) is 6.83. The van der Waals surface area contributed by atoms with Gasteiger partial charge < -0.3 is 10.6 Å². The summed E-state index contributed by atoms with van der Waals surface area (Å²) in [6.45, 7) is 3.08. The van der Waals surface area contributed by atoms with E-state index < -0.39 is 0 Å². The first kappa shape index (κ1) is 12.2. The minimum absolute atomic E-state index is 0.0416. The maximum atomic E-state index is 12.3. The predicted molar refractivity (Wildman–Crippen MR) is 73.5 cm³/mol. The van der Waals surface area contributed by atoms with Gasteiger partial charge in [-0.25, -0.2) is 0 Å². The zero-order chi connectivity index (χ0) is 12.5. The van der Waals surface area contributed by atoms with E-state index in [1.807, 2.05) is 6.07 Å². The number of hydrogen-bond acceptors (Lipinski definition) is 3. The van der Waals surface area contributed by atoms with Crippen LogP contribution in [-0.4, -0.2) is 18.5 Å². The molecule has 0 radical (unpaired) electrons. The molecule has 1 aromatic rings. The largest absolute Gasteiger partial charge is 0.347 e. The van der Waals surface area contributed by atoms with Crippen molar-refractivity contribution in [3.8, 4) is 0 Å². The molecule has 1 amide bonds. The molecule has 4 atom stereocenters. The first-order valence-corrected chi connectivity index (χ1v) is 7.71. The van der Waals surface area contributed by atoms with Crippen LogP contribution in [0.15, 0.2) is 17.5 Å². The quantitative estimate of drug-likeness (QED) is 0.879. The fourth-order valence-corrected chi connectivity index (χ4v) is 4.12. The van der Waals surface area contributed by atoms with Gasteiger partial charge >= 0.3 is 0 Å². The van der Waals surface area contributed by atoms with Gasteiger partial charge in [0.15, 0.2) is 0 Å². The molecule has 98 valence electrons. The minimum atomic E-state index is 0.0416. The number of fused-ring (bicyclic) bond motifs is 1. The Morgan fingerprint density at radius 1 is 1.56 bits per heavy atom. The smallest absolute Gasteiger partial charge is 0.237 e. The number of carbonyl (C=O) groups excluding carboxylic acids is 1. The van der Waals surface area contributed by atoms with Crippen LogP contribution in [0.25, 0.3) is 0 Å². The standard InChI is InChI=1S/C14H20N2OS/c1-9(12-6-3-7-18-12)16-14(17)13-11-5-2-4-10(11)8-15-13/h3,6-7,9-11,13,15H,2,4-5,8H2,1H3,(H,16,17)/t9-,10?,11?,13?/m0/s1. The summed E-state index contributed by atoms with van der Waals surface area (Å²) in [6.07, 6.45) is 3.80. The van der Waals surface area contributed by atoms with Crippen molar-refractivity contribution in [2.24, 2.45) is 11.8 Å². The summed E-state index contributed by atoms with van der Waals surface area (Å²) in [5, 5.41) is 8.60. The van der Waals surface area contributed by atoms with Gasteiger partial charge in [-0.1, -0.05) is 12.5 Å². The maximum Gasteiger partial charge on any atom is 0.237 e. The van der Waals surface area contributed by atoms with Crippen LogP contribution in [0.1, 0.15) is 37.1 Å². The van der Waals surface area contributed by atoms with Crippen LogP contribution in [0, 0.1) is 11.8 Å². The molecule has 1 saturated carbocycles. The topological polar surface area (TPSA) is 41.1 Å². The second-order valence-corrected chi connectivity index (χ2v) is 6.47. The Kier molecular flexibility index (Phi) is 3.39. The van der Waals surface area contributed by atoms with Crippen LogP contribution in [0.5, 0.6) is 0 Å². The Morgan fingerprint density at radius 2 is 2.44 bits per heavy atom. The van der Waals surface area contributed by atoms with Crippen molar-refractivity contribution in [3.05, 3.63) is 22.4 Å². The van der Waals surface area contributed by atoms with Gasteiger partial charge in [0.25, 0.3) is 0 Å². The summed E-state index contributed by atoms with van der Waals surface area (Å²) in [7, 11) is 0. The highest BCUT2D eigenvalue weighted by Gasteiger charge is 2.42. The van der Waals surface area contributed by atoms with Crippen molar-refractivity contribution in [1.29, 1.82) is 0 Å². The average Bonchev–Trinajstić information content (AvgIpc) is 3.06. The molecule has 4 heteroatoms. The molecule has 2 fully saturated rings. The molecule has 1 aliphatic carbocycles. The lowest BCUT2D eigenvalue weighted by Crippen LogP contribution is -2.44. The van der Waals surface area contributed by atoms with E-state index in [0.29, 0.717) is 5.92 Å². The molecule has 18 heavy (non-hydrogen) atoms. The first-order chi connectivity index (χ1) is 8.75. The molecule has 0 spiro atoms. The molecule has 3 rings (SSSR count). The molecular formula is C14H20N2OS. The number of nitrogens with one attached hydrogen (secondary N) is 2. The van der Waals surface area contributed by atoms with Gasteiger partial charge in [-0.3, -0.25) is 4.79 Å². The molecule has 2 heterocycles. The summed E-state index contributed by atoms with van der Waals surface area (Å²) in [6, 6.07) is 4.28. The summed E-state index contributed by atoms with van der Waals surface area (Å²) in [4.78, 5) is 13.6. The second kappa shape index (κ2) is 5.02. The molecule has 1 aromatic heterocycles. The molecule has 2 N–H and O–H groups in total. The highest BCUT2D eigenvalue weighted by atomic mass is 32.1. The van der Waals surface area contributed by atoms with Crippen molar-refractivity contribution < 1.29 is 4.79 Å². The zero-order valence-corrected chi connectivity index (χ0v) is 11.5. The van der Waals surface area contributed by atoms with Gasteiger partial charge in [0.2, 0.25) is 5.91 Å². The van der Waals surface area contributed by atoms with Crippen molar-refractivity contribution >= 4 is 17.2 Å². The van der Waals surface area contributed by atoms with Crippen LogP contribution in [-0.2, 0) is 4.79 Å². The summed E-state index contributed by atoms with van der Waals surface area (Å²) in [5.74, 6) is 1.49. The van der Waals surface area contributed by atoms with Crippen LogP contribution in [0.3, 0.4) is 0 Å². The lowest BCUT2D eigenvalue weighted by molar-refractivity contribution is -0.124. The molecule has 2 aliphatic rings. The average molecular weight is 264 g/mol. The monoisotopic (exact) mass is 264 g/mol. The van der Waals surface area contributed by atoms with E-state index in [1.165, 1.54) is 24.1 Å². The number of amides is 1. The van der Waals surface area contributed by atoms with E-state index >= 15 is 0 Å². The number of hydrogen-bond donors (Lipinski definition) is 2. The van der Waals surface area contributed by atoms with Gasteiger partial charge in [-0.15, -0.1) is 11.3 Å². The van der Waals surface area contributed by atoms with Gasteiger partial charge in [0.05, 0.1) is 12.1 Å². The molecule has 0 aromatic carbocycles.